The molecule has 2 rings (SSSR count). The number of amides is 1. The van der Waals surface area contributed by atoms with Crippen molar-refractivity contribution in [1.29, 1.82) is 0 Å². The first kappa shape index (κ1) is 14.9. The molecule has 0 aliphatic carbocycles. The molecule has 1 heterocycles. The molecule has 0 atom stereocenters. The molecule has 1 amide bonds. The van der Waals surface area contributed by atoms with Crippen molar-refractivity contribution in [2.24, 2.45) is 0 Å². The minimum atomic E-state index is 0.0636. The van der Waals surface area contributed by atoms with Gasteiger partial charge >= 0.3 is 0 Å². The number of benzene rings is 1. The largest absolute Gasteiger partial charge is 0.369 e. The van der Waals surface area contributed by atoms with Gasteiger partial charge in [-0.15, -0.1) is 0 Å². The fraction of sp³-hybridized carbons (Fsp3) is 0.562. The predicted octanol–water partition coefficient (Wildman–Crippen LogP) is 2.49. The van der Waals surface area contributed by atoms with Crippen molar-refractivity contribution in [1.82, 2.24) is 4.90 Å². The lowest BCUT2D eigenvalue weighted by Crippen LogP contribution is -2.46. The minimum absolute atomic E-state index is 0.0636. The van der Waals surface area contributed by atoms with Gasteiger partial charge in [-0.05, 0) is 37.2 Å². The van der Waals surface area contributed by atoms with Gasteiger partial charge in [0.05, 0.1) is 0 Å². The molecule has 4 heteroatoms. The summed E-state index contributed by atoms with van der Waals surface area (Å²) in [4.78, 5) is 16.3. The summed E-state index contributed by atoms with van der Waals surface area (Å²) in [5.74, 6) is 0.0636. The van der Waals surface area contributed by atoms with Gasteiger partial charge in [0, 0.05) is 44.0 Å². The molecule has 1 saturated heterocycles. The Morgan fingerprint density at radius 1 is 1.20 bits per heavy atom. The minimum Gasteiger partial charge on any atom is -0.369 e. The SMILES string of the molecule is CCC(=O)Nc1ccc(N2CCN(CC)CC2)c(C)c1. The van der Waals surface area contributed by atoms with E-state index in [4.69, 9.17) is 0 Å². The monoisotopic (exact) mass is 275 g/mol. The molecule has 1 aromatic carbocycles. The lowest BCUT2D eigenvalue weighted by atomic mass is 10.1. The van der Waals surface area contributed by atoms with Crippen molar-refractivity contribution in [3.05, 3.63) is 23.8 Å². The van der Waals surface area contributed by atoms with Crippen LogP contribution in [-0.4, -0.2) is 43.5 Å². The van der Waals surface area contributed by atoms with Crippen molar-refractivity contribution >= 4 is 17.3 Å². The van der Waals surface area contributed by atoms with Gasteiger partial charge in [0.15, 0.2) is 0 Å². The lowest BCUT2D eigenvalue weighted by Gasteiger charge is -2.36. The number of nitrogens with zero attached hydrogens (tertiary/aromatic N) is 2. The van der Waals surface area contributed by atoms with E-state index in [0.29, 0.717) is 6.42 Å². The molecular weight excluding hydrogens is 250 g/mol. The zero-order valence-corrected chi connectivity index (χ0v) is 12.8. The fourth-order valence-corrected chi connectivity index (χ4v) is 2.64. The molecule has 1 aromatic rings. The first-order valence-electron chi connectivity index (χ1n) is 7.51. The van der Waals surface area contributed by atoms with Gasteiger partial charge in [0.25, 0.3) is 0 Å². The van der Waals surface area contributed by atoms with Gasteiger partial charge in [0.2, 0.25) is 5.91 Å². The quantitative estimate of drug-likeness (QED) is 0.917. The van der Waals surface area contributed by atoms with Crippen LogP contribution in [-0.2, 0) is 4.79 Å². The van der Waals surface area contributed by atoms with Gasteiger partial charge in [-0.1, -0.05) is 13.8 Å². The highest BCUT2D eigenvalue weighted by atomic mass is 16.1. The summed E-state index contributed by atoms with van der Waals surface area (Å²) >= 11 is 0. The van der Waals surface area contributed by atoms with Crippen LogP contribution in [0.2, 0.25) is 0 Å². The summed E-state index contributed by atoms with van der Waals surface area (Å²) in [6.45, 7) is 11.7. The van der Waals surface area contributed by atoms with Crippen molar-refractivity contribution in [2.75, 3.05) is 42.9 Å². The Labute approximate surface area is 121 Å². The predicted molar refractivity (Wildman–Crippen MR) is 84.4 cm³/mol. The maximum absolute atomic E-state index is 11.4. The summed E-state index contributed by atoms with van der Waals surface area (Å²) in [7, 11) is 0. The highest BCUT2D eigenvalue weighted by molar-refractivity contribution is 5.90. The van der Waals surface area contributed by atoms with Gasteiger partial charge in [0.1, 0.15) is 0 Å². The normalized spacial score (nSPS) is 16.2. The Morgan fingerprint density at radius 3 is 2.45 bits per heavy atom. The van der Waals surface area contributed by atoms with E-state index in [-0.39, 0.29) is 5.91 Å². The van der Waals surface area contributed by atoms with E-state index in [1.54, 1.807) is 0 Å². The molecule has 0 radical (unpaired) electrons. The molecule has 0 unspecified atom stereocenters. The molecule has 4 nitrogen and oxygen atoms in total. The second-order valence-corrected chi connectivity index (χ2v) is 5.32. The summed E-state index contributed by atoms with van der Waals surface area (Å²) in [6, 6.07) is 6.19. The third-order valence-electron chi connectivity index (χ3n) is 3.96. The number of nitrogens with one attached hydrogen (secondary N) is 1. The molecule has 20 heavy (non-hydrogen) atoms. The molecule has 110 valence electrons. The van der Waals surface area contributed by atoms with Crippen molar-refractivity contribution in [2.45, 2.75) is 27.2 Å². The molecule has 1 fully saturated rings. The zero-order chi connectivity index (χ0) is 14.5. The maximum atomic E-state index is 11.4. The number of hydrogen-bond acceptors (Lipinski definition) is 3. The number of rotatable bonds is 4. The van der Waals surface area contributed by atoms with Gasteiger partial charge in [-0.2, -0.15) is 0 Å². The molecule has 0 aromatic heterocycles. The zero-order valence-electron chi connectivity index (χ0n) is 12.8. The number of hydrogen-bond donors (Lipinski definition) is 1. The smallest absolute Gasteiger partial charge is 0.224 e. The van der Waals surface area contributed by atoms with Crippen molar-refractivity contribution in [3.63, 3.8) is 0 Å². The summed E-state index contributed by atoms with van der Waals surface area (Å²) in [5, 5.41) is 2.91. The Hall–Kier alpha value is -1.55. The average molecular weight is 275 g/mol. The van der Waals surface area contributed by atoms with E-state index in [1.807, 2.05) is 13.0 Å². The molecule has 0 bridgehead atoms. The number of carbonyl (C=O) groups is 1. The highest BCUT2D eigenvalue weighted by Gasteiger charge is 2.17. The van der Waals surface area contributed by atoms with Crippen LogP contribution in [0, 0.1) is 6.92 Å². The lowest BCUT2D eigenvalue weighted by molar-refractivity contribution is -0.115. The van der Waals surface area contributed by atoms with Crippen molar-refractivity contribution < 1.29 is 4.79 Å². The van der Waals surface area contributed by atoms with Gasteiger partial charge in [-0.3, -0.25) is 4.79 Å². The standard InChI is InChI=1S/C16H25N3O/c1-4-16(20)17-14-6-7-15(13(3)12-14)19-10-8-18(5-2)9-11-19/h6-7,12H,4-5,8-11H2,1-3H3,(H,17,20). The van der Waals surface area contributed by atoms with E-state index >= 15 is 0 Å². The molecule has 1 aliphatic heterocycles. The highest BCUT2D eigenvalue weighted by Crippen LogP contribution is 2.24. The van der Waals surface area contributed by atoms with Crippen molar-refractivity contribution in [3.8, 4) is 0 Å². The molecule has 0 spiro atoms. The Balaban J connectivity index is 2.04. The first-order valence-corrected chi connectivity index (χ1v) is 7.51. The summed E-state index contributed by atoms with van der Waals surface area (Å²) < 4.78 is 0. The van der Waals surface area contributed by atoms with Crippen LogP contribution in [0.25, 0.3) is 0 Å². The third-order valence-corrected chi connectivity index (χ3v) is 3.96. The fourth-order valence-electron chi connectivity index (χ4n) is 2.64. The number of carbonyl (C=O) groups excluding carboxylic acids is 1. The topological polar surface area (TPSA) is 35.6 Å². The average Bonchev–Trinajstić information content (AvgIpc) is 2.47. The number of piperazine rings is 1. The number of aryl methyl sites for hydroxylation is 1. The second kappa shape index (κ2) is 6.75. The van der Waals surface area contributed by atoms with E-state index in [9.17, 15) is 4.79 Å². The van der Waals surface area contributed by atoms with Crippen LogP contribution in [0.3, 0.4) is 0 Å². The third kappa shape index (κ3) is 3.51. The van der Waals surface area contributed by atoms with E-state index in [2.05, 4.69) is 41.1 Å². The van der Waals surface area contributed by atoms with Crippen LogP contribution in [0.4, 0.5) is 11.4 Å². The second-order valence-electron chi connectivity index (χ2n) is 5.32. The number of likely N-dealkylation sites (N-methyl/N-ethyl adjacent to an activating group) is 1. The van der Waals surface area contributed by atoms with Crippen LogP contribution >= 0.6 is 0 Å². The molecular formula is C16H25N3O. The van der Waals surface area contributed by atoms with Crippen LogP contribution in [0.1, 0.15) is 25.8 Å². The summed E-state index contributed by atoms with van der Waals surface area (Å²) in [5.41, 5.74) is 3.41. The van der Waals surface area contributed by atoms with E-state index in [0.717, 1.165) is 38.4 Å². The molecule has 1 aliphatic rings. The van der Waals surface area contributed by atoms with E-state index in [1.165, 1.54) is 11.3 Å². The van der Waals surface area contributed by atoms with E-state index < -0.39 is 0 Å². The molecule has 0 saturated carbocycles. The van der Waals surface area contributed by atoms with Crippen LogP contribution in [0.5, 0.6) is 0 Å². The molecule has 1 N–H and O–H groups in total. The van der Waals surface area contributed by atoms with Crippen LogP contribution < -0.4 is 10.2 Å². The van der Waals surface area contributed by atoms with Crippen LogP contribution in [0.15, 0.2) is 18.2 Å². The number of anilines is 2. The van der Waals surface area contributed by atoms with Gasteiger partial charge < -0.3 is 15.1 Å². The first-order chi connectivity index (χ1) is 9.63. The Bertz CT molecular complexity index is 465. The van der Waals surface area contributed by atoms with Gasteiger partial charge in [-0.25, -0.2) is 0 Å². The maximum Gasteiger partial charge on any atom is 0.224 e. The Morgan fingerprint density at radius 2 is 1.90 bits per heavy atom. The summed E-state index contributed by atoms with van der Waals surface area (Å²) in [6.07, 6.45) is 0.514. The Kier molecular flexibility index (Phi) is 5.01.